The van der Waals surface area contributed by atoms with Crippen molar-refractivity contribution in [2.24, 2.45) is 5.73 Å². The molecule has 0 bridgehead atoms. The summed E-state index contributed by atoms with van der Waals surface area (Å²) < 4.78 is 11.6. The van der Waals surface area contributed by atoms with E-state index in [1.807, 2.05) is 54.6 Å². The number of halogens is 1. The van der Waals surface area contributed by atoms with Crippen molar-refractivity contribution < 1.29 is 9.26 Å². The topological polar surface area (TPSA) is 74.2 Å². The van der Waals surface area contributed by atoms with Gasteiger partial charge in [0.25, 0.3) is 0 Å². The van der Waals surface area contributed by atoms with Gasteiger partial charge in [0.1, 0.15) is 12.4 Å². The van der Waals surface area contributed by atoms with Crippen molar-refractivity contribution in [3.63, 3.8) is 0 Å². The molecule has 1 fully saturated rings. The summed E-state index contributed by atoms with van der Waals surface area (Å²) >= 11 is 0. The standard InChI is InChI=1S/C22H25N3O2.ClH/c1-22(23)14-8-7-12-18(22)21-24-20(25-27-21)17-11-5-6-13-19(17)26-15-16-9-3-2-4-10-16;/h2-6,9-11,13,18H,7-8,12,14-15,23H2,1H3;1H. The maximum atomic E-state index is 6.49. The van der Waals surface area contributed by atoms with Gasteiger partial charge in [0.2, 0.25) is 11.7 Å². The highest BCUT2D eigenvalue weighted by atomic mass is 35.5. The molecular formula is C22H26ClN3O2. The molecule has 0 aliphatic heterocycles. The molecule has 5 nitrogen and oxygen atoms in total. The predicted molar refractivity (Wildman–Crippen MR) is 112 cm³/mol. The van der Waals surface area contributed by atoms with Crippen molar-refractivity contribution in [3.05, 3.63) is 66.1 Å². The third kappa shape index (κ3) is 4.37. The summed E-state index contributed by atoms with van der Waals surface area (Å²) in [6.45, 7) is 2.57. The van der Waals surface area contributed by atoms with Crippen molar-refractivity contribution in [2.75, 3.05) is 0 Å². The first-order valence-electron chi connectivity index (χ1n) is 9.52. The largest absolute Gasteiger partial charge is 0.488 e. The Kier molecular flexibility index (Phi) is 6.37. The average Bonchev–Trinajstić information content (AvgIpc) is 3.16. The zero-order valence-electron chi connectivity index (χ0n) is 16.0. The number of benzene rings is 2. The second-order valence-corrected chi connectivity index (χ2v) is 7.53. The van der Waals surface area contributed by atoms with E-state index in [2.05, 4.69) is 17.1 Å². The van der Waals surface area contributed by atoms with Gasteiger partial charge in [-0.2, -0.15) is 4.98 Å². The van der Waals surface area contributed by atoms with Crippen molar-refractivity contribution >= 4 is 12.4 Å². The molecule has 2 N–H and O–H groups in total. The van der Waals surface area contributed by atoms with Crippen molar-refractivity contribution in [3.8, 4) is 17.1 Å². The Morgan fingerprint density at radius 1 is 1.11 bits per heavy atom. The van der Waals surface area contributed by atoms with E-state index in [1.165, 1.54) is 0 Å². The van der Waals surface area contributed by atoms with Crippen LogP contribution in [-0.2, 0) is 6.61 Å². The van der Waals surface area contributed by atoms with Crippen LogP contribution in [0.3, 0.4) is 0 Å². The summed E-state index contributed by atoms with van der Waals surface area (Å²) in [5, 5.41) is 4.22. The second kappa shape index (κ2) is 8.76. The van der Waals surface area contributed by atoms with Crippen LogP contribution in [0, 0.1) is 0 Å². The van der Waals surface area contributed by atoms with E-state index < -0.39 is 0 Å². The zero-order chi connectivity index (χ0) is 18.7. The lowest BCUT2D eigenvalue weighted by atomic mass is 9.74. The van der Waals surface area contributed by atoms with E-state index in [9.17, 15) is 0 Å². The fraction of sp³-hybridized carbons (Fsp3) is 0.364. The Balaban J connectivity index is 0.00000225. The fourth-order valence-electron chi connectivity index (χ4n) is 3.76. The molecular weight excluding hydrogens is 374 g/mol. The summed E-state index contributed by atoms with van der Waals surface area (Å²) in [5.41, 5.74) is 8.14. The maximum absolute atomic E-state index is 6.49. The lowest BCUT2D eigenvalue weighted by molar-refractivity contribution is 0.223. The van der Waals surface area contributed by atoms with Crippen LogP contribution >= 0.6 is 12.4 Å². The van der Waals surface area contributed by atoms with Crippen molar-refractivity contribution in [2.45, 2.75) is 50.7 Å². The molecule has 1 saturated carbocycles. The number of hydrogen-bond donors (Lipinski definition) is 1. The first kappa shape index (κ1) is 20.4. The van der Waals surface area contributed by atoms with Gasteiger partial charge in [-0.05, 0) is 37.5 Å². The Bertz CT molecular complexity index is 896. The molecule has 0 saturated heterocycles. The molecule has 2 aromatic carbocycles. The maximum Gasteiger partial charge on any atom is 0.231 e. The minimum atomic E-state index is -0.300. The van der Waals surface area contributed by atoms with Gasteiger partial charge >= 0.3 is 0 Å². The third-order valence-corrected chi connectivity index (χ3v) is 5.36. The van der Waals surface area contributed by atoms with Gasteiger partial charge < -0.3 is 15.0 Å². The molecule has 0 amide bonds. The minimum absolute atomic E-state index is 0. The van der Waals surface area contributed by atoms with E-state index in [-0.39, 0.29) is 23.9 Å². The van der Waals surface area contributed by atoms with Gasteiger partial charge in [-0.1, -0.05) is 60.5 Å². The molecule has 148 valence electrons. The van der Waals surface area contributed by atoms with E-state index in [0.29, 0.717) is 18.3 Å². The summed E-state index contributed by atoms with van der Waals surface area (Å²) in [6.07, 6.45) is 4.26. The van der Waals surface area contributed by atoms with Crippen LogP contribution in [0.5, 0.6) is 5.75 Å². The number of ether oxygens (including phenoxy) is 1. The predicted octanol–water partition coefficient (Wildman–Crippen LogP) is 5.11. The Labute approximate surface area is 171 Å². The van der Waals surface area contributed by atoms with E-state index in [0.717, 1.165) is 42.6 Å². The van der Waals surface area contributed by atoms with E-state index in [1.54, 1.807) is 0 Å². The quantitative estimate of drug-likeness (QED) is 0.645. The molecule has 6 heteroatoms. The van der Waals surface area contributed by atoms with Gasteiger partial charge in [0, 0.05) is 5.54 Å². The number of rotatable bonds is 5. The summed E-state index contributed by atoms with van der Waals surface area (Å²) in [7, 11) is 0. The molecule has 3 aromatic rings. The molecule has 28 heavy (non-hydrogen) atoms. The molecule has 4 rings (SSSR count). The minimum Gasteiger partial charge on any atom is -0.488 e. The van der Waals surface area contributed by atoms with Crippen molar-refractivity contribution in [1.82, 2.24) is 10.1 Å². The highest BCUT2D eigenvalue weighted by Gasteiger charge is 2.37. The summed E-state index contributed by atoms with van der Waals surface area (Å²) in [4.78, 5) is 4.68. The third-order valence-electron chi connectivity index (χ3n) is 5.36. The highest BCUT2D eigenvalue weighted by molar-refractivity contribution is 5.85. The first-order chi connectivity index (χ1) is 13.1. The summed E-state index contributed by atoms with van der Waals surface area (Å²) in [6, 6.07) is 17.9. The lowest BCUT2D eigenvalue weighted by Crippen LogP contribution is -2.44. The van der Waals surface area contributed by atoms with E-state index >= 15 is 0 Å². The smallest absolute Gasteiger partial charge is 0.231 e. The first-order valence-corrected chi connectivity index (χ1v) is 9.52. The summed E-state index contributed by atoms with van der Waals surface area (Å²) in [5.74, 6) is 2.03. The van der Waals surface area contributed by atoms with Gasteiger partial charge in [-0.25, -0.2) is 0 Å². The highest BCUT2D eigenvalue weighted by Crippen LogP contribution is 2.39. The van der Waals surface area contributed by atoms with Gasteiger partial charge in [-0.15, -0.1) is 12.4 Å². The van der Waals surface area contributed by atoms with Crippen LogP contribution in [0.4, 0.5) is 0 Å². The molecule has 1 aromatic heterocycles. The van der Waals surface area contributed by atoms with Crippen LogP contribution in [0.2, 0.25) is 0 Å². The number of hydrogen-bond acceptors (Lipinski definition) is 5. The Morgan fingerprint density at radius 2 is 1.86 bits per heavy atom. The number of para-hydroxylation sites is 1. The second-order valence-electron chi connectivity index (χ2n) is 7.53. The van der Waals surface area contributed by atoms with E-state index in [4.69, 9.17) is 15.0 Å². The number of nitrogens with two attached hydrogens (primary N) is 1. The zero-order valence-corrected chi connectivity index (χ0v) is 16.8. The van der Waals surface area contributed by atoms with Crippen LogP contribution in [0.1, 0.15) is 50.0 Å². The van der Waals surface area contributed by atoms with Crippen LogP contribution in [0.15, 0.2) is 59.1 Å². The van der Waals surface area contributed by atoms with Gasteiger partial charge in [-0.3, -0.25) is 0 Å². The molecule has 1 heterocycles. The van der Waals surface area contributed by atoms with Crippen LogP contribution in [-0.4, -0.2) is 15.7 Å². The van der Waals surface area contributed by atoms with Crippen molar-refractivity contribution in [1.29, 1.82) is 0 Å². The molecule has 0 spiro atoms. The Morgan fingerprint density at radius 3 is 2.64 bits per heavy atom. The molecule has 1 aliphatic carbocycles. The number of nitrogens with zero attached hydrogens (tertiary/aromatic N) is 2. The Hall–Kier alpha value is -2.37. The monoisotopic (exact) mass is 399 g/mol. The van der Waals surface area contributed by atoms with Crippen LogP contribution < -0.4 is 10.5 Å². The normalized spacial score (nSPS) is 21.7. The lowest BCUT2D eigenvalue weighted by Gasteiger charge is -2.35. The molecule has 1 aliphatic rings. The molecule has 2 unspecified atom stereocenters. The van der Waals surface area contributed by atoms with Gasteiger partial charge in [0.05, 0.1) is 11.5 Å². The SMILES string of the molecule is CC1(N)CCCCC1c1nc(-c2ccccc2OCc2ccccc2)no1.Cl. The molecule has 0 radical (unpaired) electrons. The average molecular weight is 400 g/mol. The fourth-order valence-corrected chi connectivity index (χ4v) is 3.76. The molecule has 2 atom stereocenters. The van der Waals surface area contributed by atoms with Crippen LogP contribution in [0.25, 0.3) is 11.4 Å². The number of aromatic nitrogens is 2. The van der Waals surface area contributed by atoms with Gasteiger partial charge in [0.15, 0.2) is 0 Å².